The molecule has 3 heterocycles. The number of aromatic nitrogens is 2. The molecule has 1 fully saturated rings. The van der Waals surface area contributed by atoms with Crippen LogP contribution < -0.4 is 0 Å². The molecule has 0 aliphatic carbocycles. The van der Waals surface area contributed by atoms with Crippen molar-refractivity contribution >= 4 is 15.9 Å². The Morgan fingerprint density at radius 3 is 2.28 bits per heavy atom. The van der Waals surface area contributed by atoms with E-state index in [0.29, 0.717) is 24.3 Å². The van der Waals surface area contributed by atoms with Crippen LogP contribution in [0.4, 0.5) is 0 Å². The van der Waals surface area contributed by atoms with Gasteiger partial charge in [-0.2, -0.15) is 4.31 Å². The van der Waals surface area contributed by atoms with E-state index in [9.17, 15) is 13.2 Å². The van der Waals surface area contributed by atoms with Gasteiger partial charge in [0.2, 0.25) is 10.0 Å². The van der Waals surface area contributed by atoms with E-state index in [1.165, 1.54) is 4.31 Å². The minimum atomic E-state index is -3.66. The molecule has 0 bridgehead atoms. The van der Waals surface area contributed by atoms with Gasteiger partial charge in [-0.25, -0.2) is 8.42 Å². The second-order valence-electron chi connectivity index (χ2n) is 6.34. The molecule has 0 atom stereocenters. The van der Waals surface area contributed by atoms with Crippen LogP contribution in [0.2, 0.25) is 0 Å². The number of H-pyrrole nitrogens is 1. The zero-order valence-corrected chi connectivity index (χ0v) is 15.6. The quantitative estimate of drug-likeness (QED) is 0.885. The lowest BCUT2D eigenvalue weighted by atomic mass is 10.2. The first-order valence-corrected chi connectivity index (χ1v) is 9.54. The summed E-state index contributed by atoms with van der Waals surface area (Å²) < 4.78 is 32.0. The molecule has 0 spiro atoms. The van der Waals surface area contributed by atoms with E-state index < -0.39 is 10.0 Å². The molecular weight excluding hydrogens is 344 g/mol. The number of carbonyl (C=O) groups excluding carboxylic acids is 1. The summed E-state index contributed by atoms with van der Waals surface area (Å²) in [6.45, 7) is 8.16. The van der Waals surface area contributed by atoms with Crippen LogP contribution in [0, 0.1) is 27.7 Å². The molecule has 3 rings (SSSR count). The predicted octanol–water partition coefficient (Wildman–Crippen LogP) is 1.38. The zero-order valence-electron chi connectivity index (χ0n) is 14.8. The molecule has 1 saturated heterocycles. The minimum absolute atomic E-state index is 0.0729. The molecule has 1 amide bonds. The number of nitrogens with zero attached hydrogens (tertiary/aromatic N) is 3. The van der Waals surface area contributed by atoms with Gasteiger partial charge >= 0.3 is 0 Å². The highest BCUT2D eigenvalue weighted by atomic mass is 32.2. The van der Waals surface area contributed by atoms with Crippen LogP contribution in [-0.2, 0) is 10.0 Å². The lowest BCUT2D eigenvalue weighted by molar-refractivity contribution is 0.0697. The van der Waals surface area contributed by atoms with Gasteiger partial charge in [-0.3, -0.25) is 4.79 Å². The summed E-state index contributed by atoms with van der Waals surface area (Å²) in [6.07, 6.45) is 0. The average Bonchev–Trinajstić information content (AvgIpc) is 3.08. The van der Waals surface area contributed by atoms with Crippen LogP contribution in [0.5, 0.6) is 0 Å². The number of aryl methyl sites for hydroxylation is 4. The normalized spacial score (nSPS) is 16.4. The summed E-state index contributed by atoms with van der Waals surface area (Å²) in [5.74, 6) is 0.214. The Morgan fingerprint density at radius 2 is 1.80 bits per heavy atom. The van der Waals surface area contributed by atoms with Crippen molar-refractivity contribution in [3.8, 4) is 0 Å². The Bertz CT molecular complexity index is 885. The van der Waals surface area contributed by atoms with Crippen molar-refractivity contribution in [2.45, 2.75) is 32.6 Å². The Balaban J connectivity index is 1.74. The summed E-state index contributed by atoms with van der Waals surface area (Å²) in [5.41, 5.74) is 2.75. The Hall–Kier alpha value is -2.13. The van der Waals surface area contributed by atoms with Crippen molar-refractivity contribution in [1.29, 1.82) is 0 Å². The molecule has 0 radical (unpaired) electrons. The number of nitrogens with one attached hydrogen (secondary N) is 1. The summed E-state index contributed by atoms with van der Waals surface area (Å²) >= 11 is 0. The summed E-state index contributed by atoms with van der Waals surface area (Å²) in [4.78, 5) is 17.6. The maximum atomic E-state index is 12.8. The molecule has 1 aliphatic rings. The highest BCUT2D eigenvalue weighted by Crippen LogP contribution is 2.24. The van der Waals surface area contributed by atoms with Crippen LogP contribution in [0.15, 0.2) is 15.5 Å². The third-order valence-corrected chi connectivity index (χ3v) is 6.62. The molecule has 1 aliphatic heterocycles. The number of rotatable bonds is 3. The van der Waals surface area contributed by atoms with E-state index >= 15 is 0 Å². The van der Waals surface area contributed by atoms with Crippen LogP contribution in [-0.4, -0.2) is 59.8 Å². The number of sulfonamides is 1. The van der Waals surface area contributed by atoms with Crippen molar-refractivity contribution < 1.29 is 17.7 Å². The molecule has 25 heavy (non-hydrogen) atoms. The Kier molecular flexibility index (Phi) is 4.46. The molecule has 136 valence electrons. The average molecular weight is 366 g/mol. The summed E-state index contributed by atoms with van der Waals surface area (Å²) in [7, 11) is -3.66. The van der Waals surface area contributed by atoms with Gasteiger partial charge in [0.25, 0.3) is 5.91 Å². The second kappa shape index (κ2) is 6.30. The molecule has 8 nitrogen and oxygen atoms in total. The molecule has 0 unspecified atom stereocenters. The van der Waals surface area contributed by atoms with Crippen molar-refractivity contribution in [2.75, 3.05) is 26.2 Å². The number of carbonyl (C=O) groups is 1. The van der Waals surface area contributed by atoms with E-state index in [-0.39, 0.29) is 29.7 Å². The zero-order chi connectivity index (χ0) is 18.4. The predicted molar refractivity (Wildman–Crippen MR) is 90.9 cm³/mol. The summed E-state index contributed by atoms with van der Waals surface area (Å²) in [6, 6.07) is 1.82. The Morgan fingerprint density at radius 1 is 1.16 bits per heavy atom. The van der Waals surface area contributed by atoms with E-state index in [1.54, 1.807) is 18.7 Å². The number of amides is 1. The van der Waals surface area contributed by atoms with Crippen LogP contribution >= 0.6 is 0 Å². The topological polar surface area (TPSA) is 99.5 Å². The van der Waals surface area contributed by atoms with Gasteiger partial charge in [-0.15, -0.1) is 0 Å². The van der Waals surface area contributed by atoms with Crippen LogP contribution in [0.25, 0.3) is 0 Å². The first kappa shape index (κ1) is 17.7. The highest BCUT2D eigenvalue weighted by molar-refractivity contribution is 7.89. The van der Waals surface area contributed by atoms with Gasteiger partial charge in [0.1, 0.15) is 10.6 Å². The van der Waals surface area contributed by atoms with Gasteiger partial charge in [0, 0.05) is 37.6 Å². The molecular formula is C16H22N4O4S. The maximum Gasteiger partial charge on any atom is 0.255 e. The lowest BCUT2D eigenvalue weighted by Gasteiger charge is -2.33. The van der Waals surface area contributed by atoms with Crippen molar-refractivity contribution in [3.05, 3.63) is 34.5 Å². The van der Waals surface area contributed by atoms with Crippen LogP contribution in [0.1, 0.15) is 33.2 Å². The Labute approximate surface area is 146 Å². The van der Waals surface area contributed by atoms with E-state index in [1.807, 2.05) is 19.9 Å². The second-order valence-corrected chi connectivity index (χ2v) is 8.22. The first-order valence-electron chi connectivity index (χ1n) is 8.10. The lowest BCUT2D eigenvalue weighted by Crippen LogP contribution is -2.50. The minimum Gasteiger partial charge on any atom is -0.362 e. The molecule has 9 heteroatoms. The van der Waals surface area contributed by atoms with Crippen LogP contribution in [0.3, 0.4) is 0 Å². The van der Waals surface area contributed by atoms with Crippen molar-refractivity contribution in [2.24, 2.45) is 0 Å². The third kappa shape index (κ3) is 3.09. The summed E-state index contributed by atoms with van der Waals surface area (Å²) in [5, 5.41) is 3.72. The van der Waals surface area contributed by atoms with E-state index in [0.717, 1.165) is 11.4 Å². The first-order chi connectivity index (χ1) is 11.7. The molecule has 0 aromatic carbocycles. The fourth-order valence-corrected chi connectivity index (χ4v) is 4.93. The van der Waals surface area contributed by atoms with Crippen molar-refractivity contribution in [3.63, 3.8) is 0 Å². The molecule has 1 N–H and O–H groups in total. The fraction of sp³-hybridized carbons (Fsp3) is 0.500. The van der Waals surface area contributed by atoms with Gasteiger partial charge in [-0.05, 0) is 33.8 Å². The van der Waals surface area contributed by atoms with Gasteiger partial charge in [0.15, 0.2) is 5.76 Å². The van der Waals surface area contributed by atoms with Gasteiger partial charge in [-0.1, -0.05) is 5.16 Å². The maximum absolute atomic E-state index is 12.8. The highest BCUT2D eigenvalue weighted by Gasteiger charge is 2.34. The van der Waals surface area contributed by atoms with E-state index in [2.05, 4.69) is 10.1 Å². The molecule has 0 saturated carbocycles. The fourth-order valence-electron chi connectivity index (χ4n) is 3.22. The number of aromatic amines is 1. The largest absolute Gasteiger partial charge is 0.362 e. The van der Waals surface area contributed by atoms with Gasteiger partial charge < -0.3 is 14.4 Å². The third-order valence-electron chi connectivity index (χ3n) is 4.47. The SMILES string of the molecule is Cc1cc(C(=O)N2CCN(S(=O)(=O)c3c(C)noc3C)CC2)c(C)[nH]1. The number of hydrogen-bond donors (Lipinski definition) is 1. The number of hydrogen-bond acceptors (Lipinski definition) is 5. The van der Waals surface area contributed by atoms with Crippen molar-refractivity contribution in [1.82, 2.24) is 19.3 Å². The smallest absolute Gasteiger partial charge is 0.255 e. The number of piperazine rings is 1. The van der Waals surface area contributed by atoms with Gasteiger partial charge in [0.05, 0.1) is 5.56 Å². The molecule has 2 aromatic rings. The molecule has 2 aromatic heterocycles. The van der Waals surface area contributed by atoms with E-state index in [4.69, 9.17) is 4.52 Å². The monoisotopic (exact) mass is 366 g/mol. The standard InChI is InChI=1S/C16H22N4O4S/c1-10-9-14(11(2)17-10)16(21)19-5-7-20(8-6-19)25(22,23)15-12(3)18-24-13(15)4/h9,17H,5-8H2,1-4H3.